The molecule has 0 amide bonds. The van der Waals surface area contributed by atoms with Gasteiger partial charge in [0.1, 0.15) is 0 Å². The van der Waals surface area contributed by atoms with Crippen molar-refractivity contribution in [2.75, 3.05) is 19.6 Å². The van der Waals surface area contributed by atoms with Gasteiger partial charge >= 0.3 is 6.18 Å². The maximum absolute atomic E-state index is 12.6. The Morgan fingerprint density at radius 2 is 2.05 bits per heavy atom. The van der Waals surface area contributed by atoms with Crippen LogP contribution < -0.4 is 5.73 Å². The highest BCUT2D eigenvalue weighted by Gasteiger charge is 2.41. The highest BCUT2D eigenvalue weighted by atomic mass is 19.4. The van der Waals surface area contributed by atoms with Crippen molar-refractivity contribution in [3.8, 4) is 0 Å². The first-order chi connectivity index (χ1) is 9.02. The average molecular weight is 273 g/mol. The summed E-state index contributed by atoms with van der Waals surface area (Å²) in [4.78, 5) is 6.07. The Morgan fingerprint density at radius 1 is 1.37 bits per heavy atom. The largest absolute Gasteiger partial charge is 0.391 e. The third-order valence-corrected chi connectivity index (χ3v) is 3.73. The second-order valence-electron chi connectivity index (χ2n) is 4.89. The van der Waals surface area contributed by atoms with Crippen molar-refractivity contribution >= 4 is 0 Å². The van der Waals surface area contributed by atoms with Crippen molar-refractivity contribution in [2.24, 2.45) is 11.7 Å². The molecule has 2 heterocycles. The van der Waals surface area contributed by atoms with Crippen LogP contribution in [0.5, 0.6) is 0 Å². The normalized spacial score (nSPS) is 20.4. The number of pyridine rings is 1. The minimum Gasteiger partial charge on any atom is -0.329 e. The summed E-state index contributed by atoms with van der Waals surface area (Å²) >= 11 is 0. The predicted molar refractivity (Wildman–Crippen MR) is 66.4 cm³/mol. The van der Waals surface area contributed by atoms with E-state index in [0.717, 1.165) is 5.56 Å². The van der Waals surface area contributed by atoms with Gasteiger partial charge in [-0.15, -0.1) is 0 Å². The molecule has 2 rings (SSSR count). The van der Waals surface area contributed by atoms with Gasteiger partial charge in [0, 0.05) is 25.0 Å². The van der Waals surface area contributed by atoms with Crippen molar-refractivity contribution in [2.45, 2.75) is 25.1 Å². The Morgan fingerprint density at radius 3 is 2.53 bits per heavy atom. The van der Waals surface area contributed by atoms with Crippen LogP contribution in [0.15, 0.2) is 24.5 Å². The van der Waals surface area contributed by atoms with Crippen molar-refractivity contribution in [1.29, 1.82) is 0 Å². The fourth-order valence-electron chi connectivity index (χ4n) is 2.61. The highest BCUT2D eigenvalue weighted by molar-refractivity contribution is 5.14. The van der Waals surface area contributed by atoms with Gasteiger partial charge in [0.15, 0.2) is 0 Å². The number of alkyl halides is 3. The van der Waals surface area contributed by atoms with Crippen LogP contribution in [0.25, 0.3) is 0 Å². The molecule has 0 saturated carbocycles. The molecule has 0 bridgehead atoms. The Labute approximate surface area is 110 Å². The minimum absolute atomic E-state index is 0.0390. The van der Waals surface area contributed by atoms with Gasteiger partial charge in [-0.1, -0.05) is 6.07 Å². The van der Waals surface area contributed by atoms with Crippen molar-refractivity contribution < 1.29 is 13.2 Å². The molecule has 1 aromatic rings. The molecule has 1 saturated heterocycles. The summed E-state index contributed by atoms with van der Waals surface area (Å²) in [6.45, 7) is 1.25. The average Bonchev–Trinajstić information content (AvgIpc) is 2.40. The maximum Gasteiger partial charge on any atom is 0.391 e. The van der Waals surface area contributed by atoms with Gasteiger partial charge in [0.2, 0.25) is 0 Å². The monoisotopic (exact) mass is 273 g/mol. The first-order valence-corrected chi connectivity index (χ1v) is 6.43. The highest BCUT2D eigenvalue weighted by Crippen LogP contribution is 2.36. The summed E-state index contributed by atoms with van der Waals surface area (Å²) in [5, 5.41) is 0. The summed E-state index contributed by atoms with van der Waals surface area (Å²) in [5.41, 5.74) is 6.73. The van der Waals surface area contributed by atoms with Crippen LogP contribution in [0.1, 0.15) is 24.4 Å². The Hall–Kier alpha value is -1.14. The second-order valence-corrected chi connectivity index (χ2v) is 4.89. The summed E-state index contributed by atoms with van der Waals surface area (Å²) in [7, 11) is 0. The topological polar surface area (TPSA) is 42.1 Å². The molecule has 1 aromatic heterocycles. The van der Waals surface area contributed by atoms with Gasteiger partial charge in [-0.3, -0.25) is 9.88 Å². The SMILES string of the molecule is NCC(c1cccnc1)N1CCC(C(F)(F)F)CC1. The molecule has 1 aliphatic heterocycles. The molecule has 1 fully saturated rings. The van der Waals surface area contributed by atoms with E-state index in [1.165, 1.54) is 0 Å². The molecular formula is C13H18F3N3. The summed E-state index contributed by atoms with van der Waals surface area (Å²) < 4.78 is 37.9. The lowest BCUT2D eigenvalue weighted by Gasteiger charge is -2.37. The lowest BCUT2D eigenvalue weighted by molar-refractivity contribution is -0.186. The van der Waals surface area contributed by atoms with Crippen LogP contribution in [-0.4, -0.2) is 35.7 Å². The van der Waals surface area contributed by atoms with E-state index in [9.17, 15) is 13.2 Å². The molecule has 0 spiro atoms. The zero-order valence-electron chi connectivity index (χ0n) is 10.6. The van der Waals surface area contributed by atoms with Crippen LogP contribution in [0, 0.1) is 5.92 Å². The smallest absolute Gasteiger partial charge is 0.329 e. The van der Waals surface area contributed by atoms with Crippen LogP contribution in [0.3, 0.4) is 0 Å². The van der Waals surface area contributed by atoms with E-state index in [0.29, 0.717) is 19.6 Å². The van der Waals surface area contributed by atoms with Crippen LogP contribution in [0.2, 0.25) is 0 Å². The van der Waals surface area contributed by atoms with E-state index < -0.39 is 12.1 Å². The number of halogens is 3. The number of rotatable bonds is 3. The maximum atomic E-state index is 12.6. The van der Waals surface area contributed by atoms with Crippen molar-refractivity contribution in [1.82, 2.24) is 9.88 Å². The summed E-state index contributed by atoms with van der Waals surface area (Å²) in [6.07, 6.45) is -0.362. The van der Waals surface area contributed by atoms with Gasteiger partial charge in [-0.05, 0) is 37.6 Å². The molecule has 106 valence electrons. The third-order valence-electron chi connectivity index (χ3n) is 3.73. The lowest BCUT2D eigenvalue weighted by Crippen LogP contribution is -2.42. The van der Waals surface area contributed by atoms with E-state index in [4.69, 9.17) is 5.73 Å². The molecule has 1 unspecified atom stereocenters. The number of nitrogens with two attached hydrogens (primary N) is 1. The zero-order valence-corrected chi connectivity index (χ0v) is 10.6. The fraction of sp³-hybridized carbons (Fsp3) is 0.615. The molecule has 6 heteroatoms. The van der Waals surface area contributed by atoms with E-state index in [1.54, 1.807) is 12.4 Å². The van der Waals surface area contributed by atoms with E-state index in [2.05, 4.69) is 4.98 Å². The van der Waals surface area contributed by atoms with Crippen LogP contribution >= 0.6 is 0 Å². The van der Waals surface area contributed by atoms with E-state index in [1.807, 2.05) is 17.0 Å². The molecule has 0 radical (unpaired) electrons. The van der Waals surface area contributed by atoms with Crippen LogP contribution in [-0.2, 0) is 0 Å². The number of nitrogens with zero attached hydrogens (tertiary/aromatic N) is 2. The Bertz CT molecular complexity index is 386. The van der Waals surface area contributed by atoms with Gasteiger partial charge in [-0.25, -0.2) is 0 Å². The fourth-order valence-corrected chi connectivity index (χ4v) is 2.61. The Balaban J connectivity index is 2.00. The molecule has 1 aliphatic rings. The Kier molecular flexibility index (Phi) is 4.42. The first-order valence-electron chi connectivity index (χ1n) is 6.43. The third kappa shape index (κ3) is 3.45. The molecule has 2 N–H and O–H groups in total. The quantitative estimate of drug-likeness (QED) is 0.919. The number of piperidine rings is 1. The lowest BCUT2D eigenvalue weighted by atomic mass is 9.94. The predicted octanol–water partition coefficient (Wildman–Crippen LogP) is 2.36. The zero-order chi connectivity index (χ0) is 13.9. The van der Waals surface area contributed by atoms with E-state index >= 15 is 0 Å². The van der Waals surface area contributed by atoms with Gasteiger partial charge in [-0.2, -0.15) is 13.2 Å². The minimum atomic E-state index is -4.07. The number of hydrogen-bond acceptors (Lipinski definition) is 3. The van der Waals surface area contributed by atoms with Crippen LogP contribution in [0.4, 0.5) is 13.2 Å². The van der Waals surface area contributed by atoms with Gasteiger partial charge in [0.25, 0.3) is 0 Å². The number of likely N-dealkylation sites (tertiary alicyclic amines) is 1. The second kappa shape index (κ2) is 5.88. The standard InChI is InChI=1S/C13H18F3N3/c14-13(15,16)11-3-6-19(7-4-11)12(8-17)10-2-1-5-18-9-10/h1-2,5,9,11-12H,3-4,6-8,17H2. The summed E-state index contributed by atoms with van der Waals surface area (Å²) in [6, 6.07) is 3.70. The van der Waals surface area contributed by atoms with Crippen molar-refractivity contribution in [3.05, 3.63) is 30.1 Å². The number of aromatic nitrogens is 1. The van der Waals surface area contributed by atoms with Gasteiger partial charge in [0.05, 0.1) is 5.92 Å². The van der Waals surface area contributed by atoms with Crippen molar-refractivity contribution in [3.63, 3.8) is 0 Å². The number of hydrogen-bond donors (Lipinski definition) is 1. The summed E-state index contributed by atoms with van der Waals surface area (Å²) in [5.74, 6) is -1.17. The molecule has 1 atom stereocenters. The van der Waals surface area contributed by atoms with Gasteiger partial charge < -0.3 is 5.73 Å². The van der Waals surface area contributed by atoms with E-state index in [-0.39, 0.29) is 18.9 Å². The molecular weight excluding hydrogens is 255 g/mol. The molecule has 19 heavy (non-hydrogen) atoms. The molecule has 0 aliphatic carbocycles. The molecule has 0 aromatic carbocycles. The first kappa shape index (κ1) is 14.3. The molecule has 3 nitrogen and oxygen atoms in total.